The molecule has 0 aliphatic rings. The Bertz CT molecular complexity index is 1110. The molecule has 33 heavy (non-hydrogen) atoms. The zero-order chi connectivity index (χ0) is 24.8. The Morgan fingerprint density at radius 3 is 2.45 bits per heavy atom. The van der Waals surface area contributed by atoms with E-state index in [4.69, 9.17) is 4.74 Å². The lowest BCUT2D eigenvalue weighted by Gasteiger charge is -2.32. The topological polar surface area (TPSA) is 96.0 Å². The van der Waals surface area contributed by atoms with Crippen LogP contribution in [0.5, 0.6) is 5.75 Å². The highest BCUT2D eigenvalue weighted by atomic mass is 79.9. The lowest BCUT2D eigenvalue weighted by Crippen LogP contribution is -2.51. The third kappa shape index (κ3) is 7.20. The number of methoxy groups -OCH3 is 1. The molecule has 0 saturated carbocycles. The molecule has 10 heteroatoms. The predicted molar refractivity (Wildman–Crippen MR) is 133 cm³/mol. The molecule has 0 spiro atoms. The van der Waals surface area contributed by atoms with Crippen molar-refractivity contribution in [1.82, 2.24) is 10.2 Å². The summed E-state index contributed by atoms with van der Waals surface area (Å²) in [4.78, 5) is 27.4. The summed E-state index contributed by atoms with van der Waals surface area (Å²) in [6, 6.07) is 11.7. The standard InChI is InChI=1S/C23H30BrN3O5S/c1-6-25-23(29)17(3)26(14-18-8-7-9-19(24)13-18)22(28)15-27(33(5,30)31)20-12-16(2)10-11-21(20)32-4/h7-13,17H,6,14-15H2,1-5H3,(H,25,29). The number of halogens is 1. The number of hydrogen-bond acceptors (Lipinski definition) is 5. The van der Waals surface area contributed by atoms with Crippen LogP contribution in [0.3, 0.4) is 0 Å². The molecule has 0 saturated heterocycles. The molecule has 180 valence electrons. The Balaban J connectivity index is 2.46. The molecule has 0 bridgehead atoms. The molecule has 0 aromatic heterocycles. The molecular formula is C23H30BrN3O5S. The van der Waals surface area contributed by atoms with Gasteiger partial charge >= 0.3 is 0 Å². The van der Waals surface area contributed by atoms with Crippen LogP contribution in [-0.4, -0.2) is 57.6 Å². The van der Waals surface area contributed by atoms with Gasteiger partial charge < -0.3 is 15.0 Å². The molecule has 1 unspecified atom stereocenters. The summed E-state index contributed by atoms with van der Waals surface area (Å²) in [5.41, 5.74) is 1.88. The number of sulfonamides is 1. The molecule has 2 rings (SSSR count). The first-order valence-electron chi connectivity index (χ1n) is 10.4. The van der Waals surface area contributed by atoms with Crippen LogP contribution < -0.4 is 14.4 Å². The minimum absolute atomic E-state index is 0.138. The van der Waals surface area contributed by atoms with E-state index in [1.54, 1.807) is 32.0 Å². The quantitative estimate of drug-likeness (QED) is 0.500. The van der Waals surface area contributed by atoms with Gasteiger partial charge in [0.1, 0.15) is 18.3 Å². The van der Waals surface area contributed by atoms with Crippen LogP contribution in [0.4, 0.5) is 5.69 Å². The summed E-state index contributed by atoms with van der Waals surface area (Å²) >= 11 is 3.42. The average Bonchev–Trinajstić information content (AvgIpc) is 2.74. The number of amides is 2. The molecule has 2 amide bonds. The van der Waals surface area contributed by atoms with E-state index in [1.165, 1.54) is 12.0 Å². The number of nitrogens with zero attached hydrogens (tertiary/aromatic N) is 2. The first-order valence-corrected chi connectivity index (χ1v) is 13.1. The summed E-state index contributed by atoms with van der Waals surface area (Å²) in [6.45, 7) is 5.31. The van der Waals surface area contributed by atoms with E-state index in [0.717, 1.165) is 26.2 Å². The Labute approximate surface area is 204 Å². The average molecular weight is 540 g/mol. The fourth-order valence-corrected chi connectivity index (χ4v) is 4.62. The number of carbonyl (C=O) groups is 2. The summed E-state index contributed by atoms with van der Waals surface area (Å²) in [6.07, 6.45) is 1.04. The Morgan fingerprint density at radius 2 is 1.88 bits per heavy atom. The highest BCUT2D eigenvalue weighted by Crippen LogP contribution is 2.31. The lowest BCUT2D eigenvalue weighted by molar-refractivity contribution is -0.139. The van der Waals surface area contributed by atoms with Crippen LogP contribution in [0, 0.1) is 6.92 Å². The molecule has 0 radical (unpaired) electrons. The molecule has 0 heterocycles. The predicted octanol–water partition coefficient (Wildman–Crippen LogP) is 3.09. The molecule has 0 aliphatic heterocycles. The minimum Gasteiger partial charge on any atom is -0.495 e. The largest absolute Gasteiger partial charge is 0.495 e. The third-order valence-electron chi connectivity index (χ3n) is 5.04. The van der Waals surface area contributed by atoms with Crippen molar-refractivity contribution in [2.75, 3.05) is 30.8 Å². The van der Waals surface area contributed by atoms with Gasteiger partial charge in [-0.15, -0.1) is 0 Å². The monoisotopic (exact) mass is 539 g/mol. The first kappa shape index (κ1) is 26.7. The fourth-order valence-electron chi connectivity index (χ4n) is 3.33. The van der Waals surface area contributed by atoms with Gasteiger partial charge in [-0.1, -0.05) is 34.1 Å². The van der Waals surface area contributed by atoms with Crippen LogP contribution in [0.25, 0.3) is 0 Å². The van der Waals surface area contributed by atoms with Crippen molar-refractivity contribution in [3.63, 3.8) is 0 Å². The highest BCUT2D eigenvalue weighted by Gasteiger charge is 2.31. The number of ether oxygens (including phenoxy) is 1. The first-order chi connectivity index (χ1) is 15.5. The molecule has 2 aromatic carbocycles. The van der Waals surface area contributed by atoms with Crippen molar-refractivity contribution in [2.24, 2.45) is 0 Å². The van der Waals surface area contributed by atoms with Gasteiger partial charge in [0.05, 0.1) is 19.1 Å². The summed E-state index contributed by atoms with van der Waals surface area (Å²) < 4.78 is 32.6. The number of carbonyl (C=O) groups excluding carboxylic acids is 2. The van der Waals surface area contributed by atoms with Crippen molar-refractivity contribution >= 4 is 43.5 Å². The maximum atomic E-state index is 13.5. The molecule has 1 N–H and O–H groups in total. The van der Waals surface area contributed by atoms with Crippen molar-refractivity contribution in [2.45, 2.75) is 33.4 Å². The number of nitrogens with one attached hydrogen (secondary N) is 1. The molecule has 8 nitrogen and oxygen atoms in total. The second kappa shape index (κ2) is 11.5. The van der Waals surface area contributed by atoms with Crippen molar-refractivity contribution in [3.05, 3.63) is 58.1 Å². The van der Waals surface area contributed by atoms with Gasteiger partial charge in [0.15, 0.2) is 0 Å². The van der Waals surface area contributed by atoms with Crippen LogP contribution >= 0.6 is 15.9 Å². The van der Waals surface area contributed by atoms with Crippen LogP contribution in [0.1, 0.15) is 25.0 Å². The molecule has 0 fully saturated rings. The summed E-state index contributed by atoms with van der Waals surface area (Å²) in [5, 5.41) is 2.72. The lowest BCUT2D eigenvalue weighted by atomic mass is 10.1. The van der Waals surface area contributed by atoms with Gasteiger partial charge in [-0.05, 0) is 56.2 Å². The van der Waals surface area contributed by atoms with Crippen molar-refractivity contribution in [1.29, 1.82) is 0 Å². The number of hydrogen-bond donors (Lipinski definition) is 1. The second-order valence-corrected chi connectivity index (χ2v) is 10.5. The van der Waals surface area contributed by atoms with Gasteiger partial charge in [0.25, 0.3) is 0 Å². The second-order valence-electron chi connectivity index (χ2n) is 7.67. The third-order valence-corrected chi connectivity index (χ3v) is 6.66. The van der Waals surface area contributed by atoms with Gasteiger partial charge in [-0.3, -0.25) is 13.9 Å². The molecule has 1 atom stereocenters. The maximum absolute atomic E-state index is 13.5. The van der Waals surface area contributed by atoms with Crippen LogP contribution in [0.2, 0.25) is 0 Å². The van der Waals surface area contributed by atoms with Gasteiger partial charge in [0, 0.05) is 17.6 Å². The summed E-state index contributed by atoms with van der Waals surface area (Å²) in [5.74, 6) is -0.503. The van der Waals surface area contributed by atoms with Crippen LogP contribution in [0.15, 0.2) is 46.9 Å². The normalized spacial score (nSPS) is 12.1. The van der Waals surface area contributed by atoms with E-state index in [2.05, 4.69) is 21.2 Å². The molecule has 2 aromatic rings. The van der Waals surface area contributed by atoms with Crippen molar-refractivity contribution < 1.29 is 22.7 Å². The smallest absolute Gasteiger partial charge is 0.244 e. The van der Waals surface area contributed by atoms with E-state index >= 15 is 0 Å². The Morgan fingerprint density at radius 1 is 1.18 bits per heavy atom. The van der Waals surface area contributed by atoms with E-state index in [1.807, 2.05) is 31.2 Å². The summed E-state index contributed by atoms with van der Waals surface area (Å²) in [7, 11) is -2.40. The number of rotatable bonds is 10. The van der Waals surface area contributed by atoms with Crippen molar-refractivity contribution in [3.8, 4) is 5.75 Å². The number of aryl methyl sites for hydroxylation is 1. The van der Waals surface area contributed by atoms with Gasteiger partial charge in [-0.2, -0.15) is 0 Å². The molecule has 0 aliphatic carbocycles. The SMILES string of the molecule is CCNC(=O)C(C)N(Cc1cccc(Br)c1)C(=O)CN(c1cc(C)ccc1OC)S(C)(=O)=O. The minimum atomic E-state index is -3.83. The Kier molecular flexibility index (Phi) is 9.30. The number of likely N-dealkylation sites (N-methyl/N-ethyl adjacent to an activating group) is 1. The van der Waals surface area contributed by atoms with E-state index < -0.39 is 28.5 Å². The number of anilines is 1. The zero-order valence-corrected chi connectivity index (χ0v) is 21.9. The van der Waals surface area contributed by atoms with Gasteiger partial charge in [0.2, 0.25) is 21.8 Å². The maximum Gasteiger partial charge on any atom is 0.244 e. The molecular weight excluding hydrogens is 510 g/mol. The zero-order valence-electron chi connectivity index (χ0n) is 19.5. The van der Waals surface area contributed by atoms with E-state index in [0.29, 0.717) is 12.3 Å². The number of benzene rings is 2. The fraction of sp³-hybridized carbons (Fsp3) is 0.391. The van der Waals surface area contributed by atoms with Gasteiger partial charge in [-0.25, -0.2) is 8.42 Å². The Hall–Kier alpha value is -2.59. The van der Waals surface area contributed by atoms with Crippen LogP contribution in [-0.2, 0) is 26.2 Å². The van der Waals surface area contributed by atoms with E-state index in [-0.39, 0.29) is 18.1 Å². The van der Waals surface area contributed by atoms with E-state index in [9.17, 15) is 18.0 Å². The highest BCUT2D eigenvalue weighted by molar-refractivity contribution is 9.10.